The van der Waals surface area contributed by atoms with Gasteiger partial charge in [-0.15, -0.1) is 0 Å². The van der Waals surface area contributed by atoms with E-state index in [-0.39, 0.29) is 5.91 Å². The number of amides is 1. The summed E-state index contributed by atoms with van der Waals surface area (Å²) in [4.78, 5) is 12.1. The molecule has 1 aromatic carbocycles. The number of aromatic nitrogens is 1. The number of hydrogen-bond donors (Lipinski definition) is 1. The van der Waals surface area contributed by atoms with Crippen LogP contribution in [0.4, 0.5) is 5.82 Å². The van der Waals surface area contributed by atoms with Gasteiger partial charge in [0.15, 0.2) is 11.9 Å². The highest BCUT2D eigenvalue weighted by molar-refractivity contribution is 6.32. The third kappa shape index (κ3) is 3.76. The summed E-state index contributed by atoms with van der Waals surface area (Å²) in [5.41, 5.74) is 1.83. The smallest absolute Gasteiger partial charge is 0.266 e. The molecule has 0 aliphatic rings. The first-order valence-corrected chi connectivity index (χ1v) is 7.03. The molecule has 1 aromatic heterocycles. The molecule has 112 valence electrons. The standard InChI is InChI=1S/C15H17ClN2O3/c1-4-12(15(19)17-13-5-6-20-18-13)21-11-7-9(2)14(16)10(3)8-11/h5-8,12H,4H2,1-3H3,(H,17,18,19). The van der Waals surface area contributed by atoms with E-state index in [1.54, 1.807) is 6.07 Å². The van der Waals surface area contributed by atoms with Gasteiger partial charge >= 0.3 is 0 Å². The van der Waals surface area contributed by atoms with Gasteiger partial charge in [-0.05, 0) is 43.5 Å². The van der Waals surface area contributed by atoms with E-state index in [0.717, 1.165) is 11.1 Å². The third-order valence-corrected chi connectivity index (χ3v) is 3.64. The second-order valence-electron chi connectivity index (χ2n) is 4.76. The van der Waals surface area contributed by atoms with Gasteiger partial charge in [-0.2, -0.15) is 0 Å². The highest BCUT2D eigenvalue weighted by Crippen LogP contribution is 2.26. The number of nitrogens with zero attached hydrogens (tertiary/aromatic N) is 1. The lowest BCUT2D eigenvalue weighted by atomic mass is 10.1. The fourth-order valence-electron chi connectivity index (χ4n) is 1.94. The maximum atomic E-state index is 12.1. The van der Waals surface area contributed by atoms with Crippen molar-refractivity contribution < 1.29 is 14.1 Å². The summed E-state index contributed by atoms with van der Waals surface area (Å²) in [6.07, 6.45) is 1.31. The van der Waals surface area contributed by atoms with E-state index in [0.29, 0.717) is 23.0 Å². The average Bonchev–Trinajstić information content (AvgIpc) is 2.94. The largest absolute Gasteiger partial charge is 0.481 e. The molecule has 0 spiro atoms. The first kappa shape index (κ1) is 15.4. The zero-order valence-corrected chi connectivity index (χ0v) is 12.9. The molecule has 6 heteroatoms. The number of benzene rings is 1. The van der Waals surface area contributed by atoms with Crippen molar-refractivity contribution in [3.05, 3.63) is 40.6 Å². The Morgan fingerprint density at radius 1 is 1.43 bits per heavy atom. The van der Waals surface area contributed by atoms with Gasteiger partial charge in [0.1, 0.15) is 12.0 Å². The van der Waals surface area contributed by atoms with Crippen molar-refractivity contribution in [1.82, 2.24) is 5.16 Å². The van der Waals surface area contributed by atoms with Gasteiger partial charge in [0.2, 0.25) is 0 Å². The zero-order chi connectivity index (χ0) is 15.4. The Morgan fingerprint density at radius 2 is 2.10 bits per heavy atom. The van der Waals surface area contributed by atoms with Crippen LogP contribution in [0.2, 0.25) is 5.02 Å². The molecular formula is C15H17ClN2O3. The minimum atomic E-state index is -0.610. The van der Waals surface area contributed by atoms with E-state index in [4.69, 9.17) is 16.3 Å². The van der Waals surface area contributed by atoms with Crippen molar-refractivity contribution >= 4 is 23.3 Å². The molecule has 2 rings (SSSR count). The summed E-state index contributed by atoms with van der Waals surface area (Å²) in [5.74, 6) is 0.721. The van der Waals surface area contributed by atoms with Crippen molar-refractivity contribution in [2.45, 2.75) is 33.3 Å². The minimum absolute atomic E-state index is 0.267. The maximum absolute atomic E-state index is 12.1. The molecule has 21 heavy (non-hydrogen) atoms. The highest BCUT2D eigenvalue weighted by atomic mass is 35.5. The van der Waals surface area contributed by atoms with E-state index in [1.807, 2.05) is 32.9 Å². The van der Waals surface area contributed by atoms with E-state index in [9.17, 15) is 4.79 Å². The summed E-state index contributed by atoms with van der Waals surface area (Å²) in [5, 5.41) is 6.99. The van der Waals surface area contributed by atoms with Crippen LogP contribution in [0.1, 0.15) is 24.5 Å². The number of halogens is 1. The summed E-state index contributed by atoms with van der Waals surface area (Å²) in [6, 6.07) is 5.21. The second kappa shape index (κ2) is 6.63. The van der Waals surface area contributed by atoms with Crippen LogP contribution in [-0.4, -0.2) is 17.2 Å². The number of ether oxygens (including phenoxy) is 1. The molecule has 0 bridgehead atoms. The average molecular weight is 309 g/mol. The monoisotopic (exact) mass is 308 g/mol. The quantitative estimate of drug-likeness (QED) is 0.914. The second-order valence-corrected chi connectivity index (χ2v) is 5.14. The van der Waals surface area contributed by atoms with E-state index < -0.39 is 6.10 Å². The summed E-state index contributed by atoms with van der Waals surface area (Å²) in [7, 11) is 0. The Bertz CT molecular complexity index is 603. The molecule has 1 N–H and O–H groups in total. The zero-order valence-electron chi connectivity index (χ0n) is 12.1. The van der Waals surface area contributed by atoms with Gasteiger partial charge in [0.05, 0.1) is 0 Å². The Kier molecular flexibility index (Phi) is 4.85. The lowest BCUT2D eigenvalue weighted by molar-refractivity contribution is -0.122. The van der Waals surface area contributed by atoms with Crippen LogP contribution in [0.15, 0.2) is 29.0 Å². The molecule has 0 saturated carbocycles. The molecule has 0 radical (unpaired) electrons. The Morgan fingerprint density at radius 3 is 2.62 bits per heavy atom. The van der Waals surface area contributed by atoms with Crippen molar-refractivity contribution in [3.8, 4) is 5.75 Å². The van der Waals surface area contributed by atoms with Gasteiger partial charge in [0, 0.05) is 11.1 Å². The van der Waals surface area contributed by atoms with E-state index >= 15 is 0 Å². The molecule has 2 aromatic rings. The summed E-state index contributed by atoms with van der Waals surface area (Å²) < 4.78 is 10.4. The molecule has 0 aliphatic carbocycles. The minimum Gasteiger partial charge on any atom is -0.481 e. The molecular weight excluding hydrogens is 292 g/mol. The van der Waals surface area contributed by atoms with Gasteiger partial charge in [-0.25, -0.2) is 0 Å². The maximum Gasteiger partial charge on any atom is 0.266 e. The lowest BCUT2D eigenvalue weighted by Crippen LogP contribution is -2.32. The predicted octanol–water partition coefficient (Wildman–Crippen LogP) is 3.74. The number of carbonyl (C=O) groups is 1. The van der Waals surface area contributed by atoms with Crippen LogP contribution in [0.3, 0.4) is 0 Å². The Hall–Kier alpha value is -2.01. The molecule has 0 fully saturated rings. The number of carbonyl (C=O) groups excluding carboxylic acids is 1. The van der Waals surface area contributed by atoms with Gasteiger partial charge in [-0.1, -0.05) is 23.7 Å². The summed E-state index contributed by atoms with van der Waals surface area (Å²) in [6.45, 7) is 5.68. The third-order valence-electron chi connectivity index (χ3n) is 3.04. The fourth-order valence-corrected chi connectivity index (χ4v) is 2.05. The van der Waals surface area contributed by atoms with Gasteiger partial charge < -0.3 is 14.6 Å². The number of hydrogen-bond acceptors (Lipinski definition) is 4. The first-order valence-electron chi connectivity index (χ1n) is 6.66. The van der Waals surface area contributed by atoms with Crippen LogP contribution in [0.5, 0.6) is 5.75 Å². The van der Waals surface area contributed by atoms with E-state index in [2.05, 4.69) is 15.0 Å². The van der Waals surface area contributed by atoms with Crippen molar-refractivity contribution in [3.63, 3.8) is 0 Å². The molecule has 1 unspecified atom stereocenters. The van der Waals surface area contributed by atoms with Gasteiger partial charge in [0.25, 0.3) is 5.91 Å². The molecule has 0 aliphatic heterocycles. The highest BCUT2D eigenvalue weighted by Gasteiger charge is 2.20. The lowest BCUT2D eigenvalue weighted by Gasteiger charge is -2.17. The van der Waals surface area contributed by atoms with E-state index in [1.165, 1.54) is 6.26 Å². The number of anilines is 1. The molecule has 1 heterocycles. The predicted molar refractivity (Wildman–Crippen MR) is 80.8 cm³/mol. The molecule has 1 amide bonds. The Balaban J connectivity index is 2.10. The summed E-state index contributed by atoms with van der Waals surface area (Å²) >= 11 is 6.12. The van der Waals surface area contributed by atoms with Crippen molar-refractivity contribution in [2.24, 2.45) is 0 Å². The van der Waals surface area contributed by atoms with Crippen molar-refractivity contribution in [1.29, 1.82) is 0 Å². The van der Waals surface area contributed by atoms with Crippen LogP contribution < -0.4 is 10.1 Å². The van der Waals surface area contributed by atoms with Crippen LogP contribution >= 0.6 is 11.6 Å². The SMILES string of the molecule is CCC(Oc1cc(C)c(Cl)c(C)c1)C(=O)Nc1ccon1. The normalized spacial score (nSPS) is 12.0. The van der Waals surface area contributed by atoms with Crippen LogP contribution in [0.25, 0.3) is 0 Å². The number of nitrogens with one attached hydrogen (secondary N) is 1. The molecule has 1 atom stereocenters. The number of aryl methyl sites for hydroxylation is 2. The molecule has 5 nitrogen and oxygen atoms in total. The van der Waals surface area contributed by atoms with Gasteiger partial charge in [-0.3, -0.25) is 4.79 Å². The van der Waals surface area contributed by atoms with Crippen molar-refractivity contribution in [2.75, 3.05) is 5.32 Å². The van der Waals surface area contributed by atoms with Crippen LogP contribution in [-0.2, 0) is 4.79 Å². The number of rotatable bonds is 5. The molecule has 0 saturated heterocycles. The Labute approximate surface area is 128 Å². The fraction of sp³-hybridized carbons (Fsp3) is 0.333. The topological polar surface area (TPSA) is 64.4 Å². The first-order chi connectivity index (χ1) is 10.0. The van der Waals surface area contributed by atoms with Crippen LogP contribution in [0, 0.1) is 13.8 Å².